The van der Waals surface area contributed by atoms with Gasteiger partial charge < -0.3 is 9.80 Å². The van der Waals surface area contributed by atoms with Crippen LogP contribution in [0.3, 0.4) is 0 Å². The Morgan fingerprint density at radius 1 is 0.183 bits per heavy atom. The van der Waals surface area contributed by atoms with Gasteiger partial charge in [-0.1, -0.05) is 276 Å². The number of hydrogen-bond acceptors (Lipinski definition) is 2. The standard InChI is InChI=1S/C91H76N2/c1-87(2)77-27-19-17-25-67(77)73-45-37-63(53-83(73)87)92(61-21-13-11-14-22-61)65-39-47-75-71-43-35-59(51-81(71)90(7,8)85(75)55-65)31-29-57-33-41-69-70-42-34-58(50-80(70)89(5,6)79(69)49-57)30-32-60-36-44-72-76-48-40-66(56-86(76)91(9,10)82(72)52-60)93(62-23-15-12-16-24-62)64-38-46-74-68-26-18-20-28-78(68)88(3,4)84(74)54-64/h11-56H,1-10H3/b31-29+,32-30+. The summed E-state index contributed by atoms with van der Waals surface area (Å²) < 4.78 is 0. The lowest BCUT2D eigenvalue weighted by Crippen LogP contribution is -2.18. The van der Waals surface area contributed by atoms with Gasteiger partial charge in [0.05, 0.1) is 0 Å². The highest BCUT2D eigenvalue weighted by Gasteiger charge is 2.41. The first-order valence-corrected chi connectivity index (χ1v) is 33.3. The number of benzene rings is 12. The van der Waals surface area contributed by atoms with Crippen LogP contribution in [0.5, 0.6) is 0 Å². The molecule has 0 aromatic heterocycles. The third-order valence-corrected chi connectivity index (χ3v) is 22.2. The second-order valence-electron chi connectivity index (χ2n) is 29.4. The molecular formula is C91H76N2. The molecule has 0 heterocycles. The lowest BCUT2D eigenvalue weighted by molar-refractivity contribution is 0.659. The van der Waals surface area contributed by atoms with E-state index in [-0.39, 0.29) is 27.1 Å². The van der Waals surface area contributed by atoms with Gasteiger partial charge in [0.1, 0.15) is 0 Å². The molecule has 0 unspecified atom stereocenters. The molecule has 0 fully saturated rings. The molecule has 2 nitrogen and oxygen atoms in total. The number of anilines is 6. The van der Waals surface area contributed by atoms with E-state index in [2.05, 4.69) is 358 Å². The van der Waals surface area contributed by atoms with E-state index in [4.69, 9.17) is 0 Å². The molecule has 0 atom stereocenters. The van der Waals surface area contributed by atoms with Crippen molar-refractivity contribution >= 4 is 58.4 Å². The first-order chi connectivity index (χ1) is 44.8. The molecule has 93 heavy (non-hydrogen) atoms. The minimum Gasteiger partial charge on any atom is -0.310 e. The third-order valence-electron chi connectivity index (χ3n) is 22.2. The van der Waals surface area contributed by atoms with E-state index in [1.54, 1.807) is 0 Å². The van der Waals surface area contributed by atoms with Gasteiger partial charge >= 0.3 is 0 Å². The molecule has 0 amide bonds. The predicted octanol–water partition coefficient (Wildman–Crippen LogP) is 24.5. The lowest BCUT2D eigenvalue weighted by atomic mass is 9.81. The Morgan fingerprint density at radius 3 is 0.656 bits per heavy atom. The van der Waals surface area contributed by atoms with E-state index in [0.29, 0.717) is 0 Å². The molecule has 0 aliphatic heterocycles. The number of rotatable bonds is 10. The van der Waals surface area contributed by atoms with Crippen LogP contribution in [0.25, 0.3) is 79.9 Å². The maximum Gasteiger partial charge on any atom is 0.0465 e. The van der Waals surface area contributed by atoms with Gasteiger partial charge in [-0.05, 0) is 206 Å². The van der Waals surface area contributed by atoms with Crippen LogP contribution in [0.2, 0.25) is 0 Å². The van der Waals surface area contributed by atoms with Crippen LogP contribution in [-0.4, -0.2) is 0 Å². The van der Waals surface area contributed by atoms with E-state index in [1.807, 2.05) is 0 Å². The quantitative estimate of drug-likeness (QED) is 0.126. The van der Waals surface area contributed by atoms with Crippen LogP contribution in [0.4, 0.5) is 34.1 Å². The van der Waals surface area contributed by atoms with Crippen molar-refractivity contribution in [1.82, 2.24) is 0 Å². The maximum atomic E-state index is 2.45. The molecule has 450 valence electrons. The molecular weight excluding hydrogens is 1120 g/mol. The summed E-state index contributed by atoms with van der Waals surface area (Å²) >= 11 is 0. The van der Waals surface area contributed by atoms with Crippen molar-refractivity contribution in [2.75, 3.05) is 9.80 Å². The van der Waals surface area contributed by atoms with Crippen molar-refractivity contribution in [2.45, 2.75) is 96.3 Å². The fraction of sp³-hybridized carbons (Fsp3) is 0.165. The highest BCUT2D eigenvalue weighted by atomic mass is 15.1. The van der Waals surface area contributed by atoms with Gasteiger partial charge in [0, 0.05) is 61.2 Å². The maximum absolute atomic E-state index is 2.45. The van der Waals surface area contributed by atoms with Crippen LogP contribution in [-0.2, 0) is 27.1 Å². The molecule has 5 aliphatic carbocycles. The Hall–Kier alpha value is -10.3. The summed E-state index contributed by atoms with van der Waals surface area (Å²) in [7, 11) is 0. The largest absolute Gasteiger partial charge is 0.310 e. The van der Waals surface area contributed by atoms with E-state index >= 15 is 0 Å². The van der Waals surface area contributed by atoms with Crippen molar-refractivity contribution < 1.29 is 0 Å². The van der Waals surface area contributed by atoms with Gasteiger partial charge in [0.15, 0.2) is 0 Å². The summed E-state index contributed by atoms with van der Waals surface area (Å²) in [6.07, 6.45) is 9.22. The zero-order valence-electron chi connectivity index (χ0n) is 55.0. The van der Waals surface area contributed by atoms with Crippen molar-refractivity contribution in [3.8, 4) is 55.6 Å². The Morgan fingerprint density at radius 2 is 0.387 bits per heavy atom. The van der Waals surface area contributed by atoms with Crippen LogP contribution in [0.15, 0.2) is 255 Å². The Balaban J connectivity index is 0.609. The number of fused-ring (bicyclic) bond motifs is 15. The molecule has 0 bridgehead atoms. The Kier molecular flexibility index (Phi) is 12.4. The average molecular weight is 1200 g/mol. The number of hydrogen-bond donors (Lipinski definition) is 0. The van der Waals surface area contributed by atoms with Gasteiger partial charge in [-0.25, -0.2) is 0 Å². The summed E-state index contributed by atoms with van der Waals surface area (Å²) in [6.45, 7) is 23.8. The van der Waals surface area contributed by atoms with E-state index in [1.165, 1.54) is 156 Å². The molecule has 0 radical (unpaired) electrons. The van der Waals surface area contributed by atoms with E-state index in [9.17, 15) is 0 Å². The Bertz CT molecular complexity index is 4850. The van der Waals surface area contributed by atoms with Crippen LogP contribution < -0.4 is 9.80 Å². The molecule has 12 aromatic rings. The van der Waals surface area contributed by atoms with Gasteiger partial charge in [-0.15, -0.1) is 0 Å². The highest BCUT2D eigenvalue weighted by Crippen LogP contribution is 2.57. The second-order valence-corrected chi connectivity index (χ2v) is 29.4. The molecule has 5 aliphatic rings. The zero-order valence-corrected chi connectivity index (χ0v) is 55.0. The minimum absolute atomic E-state index is 0.0937. The monoisotopic (exact) mass is 1200 g/mol. The zero-order chi connectivity index (χ0) is 63.5. The summed E-state index contributed by atoms with van der Waals surface area (Å²) in [6, 6.07) is 96.2. The van der Waals surface area contributed by atoms with Crippen molar-refractivity contribution in [3.63, 3.8) is 0 Å². The summed E-state index contributed by atoms with van der Waals surface area (Å²) in [5.41, 5.74) is 38.0. The minimum atomic E-state index is -0.203. The fourth-order valence-electron chi connectivity index (χ4n) is 17.0. The van der Waals surface area contributed by atoms with Gasteiger partial charge in [0.25, 0.3) is 0 Å². The molecule has 12 aromatic carbocycles. The summed E-state index contributed by atoms with van der Waals surface area (Å²) in [4.78, 5) is 4.89. The molecule has 17 rings (SSSR count). The van der Waals surface area contributed by atoms with Crippen molar-refractivity contribution in [1.29, 1.82) is 0 Å². The molecule has 0 saturated carbocycles. The smallest absolute Gasteiger partial charge is 0.0465 e. The summed E-state index contributed by atoms with van der Waals surface area (Å²) in [5.74, 6) is 0. The molecule has 0 N–H and O–H groups in total. The third kappa shape index (κ3) is 8.60. The van der Waals surface area contributed by atoms with Crippen LogP contribution >= 0.6 is 0 Å². The summed E-state index contributed by atoms with van der Waals surface area (Å²) in [5, 5.41) is 0. The molecule has 2 heteroatoms. The number of nitrogens with zero attached hydrogens (tertiary/aromatic N) is 2. The SMILES string of the molecule is CC1(C)c2cc(/C=C/c3ccc4c(c3)C(C)(C)c3cc(N(c5ccccc5)c5ccc6c(c5)C(C)(C)c5ccccc5-6)ccc3-4)ccc2-c2ccc(/C=C/c3ccc4c(c3)C(C)(C)c3cc(N(c5ccccc5)c5ccc6c(c5)C(C)(C)c5ccccc5-6)ccc3-4)cc21. The van der Waals surface area contributed by atoms with E-state index < -0.39 is 0 Å². The second kappa shape index (κ2) is 20.4. The molecule has 0 saturated heterocycles. The van der Waals surface area contributed by atoms with Crippen molar-refractivity contribution in [2.24, 2.45) is 0 Å². The van der Waals surface area contributed by atoms with Gasteiger partial charge in [-0.2, -0.15) is 0 Å². The normalized spacial score (nSPS) is 16.0. The Labute approximate surface area is 549 Å². The topological polar surface area (TPSA) is 6.48 Å². The van der Waals surface area contributed by atoms with E-state index in [0.717, 1.165) is 11.4 Å². The highest BCUT2D eigenvalue weighted by molar-refractivity contribution is 5.93. The first-order valence-electron chi connectivity index (χ1n) is 33.3. The fourth-order valence-corrected chi connectivity index (χ4v) is 17.0. The van der Waals surface area contributed by atoms with Crippen molar-refractivity contribution in [3.05, 3.63) is 333 Å². The lowest BCUT2D eigenvalue weighted by Gasteiger charge is -2.29. The number of para-hydroxylation sites is 2. The predicted molar refractivity (Wildman–Crippen MR) is 394 cm³/mol. The first kappa shape index (κ1) is 56.7. The van der Waals surface area contributed by atoms with Gasteiger partial charge in [0.2, 0.25) is 0 Å². The molecule has 0 spiro atoms. The van der Waals surface area contributed by atoms with Gasteiger partial charge in [-0.3, -0.25) is 0 Å². The van der Waals surface area contributed by atoms with Crippen LogP contribution in [0.1, 0.15) is 147 Å². The average Bonchev–Trinajstić information content (AvgIpc) is 1.62. The van der Waals surface area contributed by atoms with Crippen LogP contribution in [0, 0.1) is 0 Å².